The van der Waals surface area contributed by atoms with Crippen molar-refractivity contribution in [2.75, 3.05) is 6.54 Å². The zero-order valence-electron chi connectivity index (χ0n) is 23.4. The van der Waals surface area contributed by atoms with E-state index in [0.29, 0.717) is 35.5 Å². The SMILES string of the molecule is CCNC(=O)c1ccccc1CCC(NC(=O)c1ccccc1)c1cccc(/C=C/c2ccc3ccc(Cl)cc3n2)c1. The molecule has 1 aromatic heterocycles. The van der Waals surface area contributed by atoms with Crippen LogP contribution in [0, 0.1) is 0 Å². The first kappa shape index (κ1) is 28.8. The minimum Gasteiger partial charge on any atom is -0.352 e. The standard InChI is InChI=1S/C36H32ClN3O2/c1-2-38-36(42)32-14-7-6-10-26(32)18-22-33(40-35(41)28-11-4-3-5-12-28)29-13-8-9-25(23-29)15-20-31-21-17-27-16-19-30(37)24-34(27)39-31/h3-17,19-21,23-24,33H,2,18,22H2,1H3,(H,38,42)(H,40,41)/b20-15+. The number of carbonyl (C=O) groups is 2. The van der Waals surface area contributed by atoms with Crippen LogP contribution in [0.5, 0.6) is 0 Å². The first-order valence-corrected chi connectivity index (χ1v) is 14.4. The summed E-state index contributed by atoms with van der Waals surface area (Å²) >= 11 is 6.16. The number of pyridine rings is 1. The number of nitrogens with zero attached hydrogens (tertiary/aromatic N) is 1. The van der Waals surface area contributed by atoms with Gasteiger partial charge in [0.15, 0.2) is 0 Å². The summed E-state index contributed by atoms with van der Waals surface area (Å²) in [5, 5.41) is 7.81. The van der Waals surface area contributed by atoms with Crippen molar-refractivity contribution in [3.63, 3.8) is 0 Å². The second-order valence-corrected chi connectivity index (χ2v) is 10.5. The molecule has 0 radical (unpaired) electrons. The molecule has 42 heavy (non-hydrogen) atoms. The van der Waals surface area contributed by atoms with Crippen molar-refractivity contribution >= 4 is 46.5 Å². The smallest absolute Gasteiger partial charge is 0.251 e. The summed E-state index contributed by atoms with van der Waals surface area (Å²) in [5.74, 6) is -0.229. The van der Waals surface area contributed by atoms with Gasteiger partial charge >= 0.3 is 0 Å². The molecule has 0 saturated heterocycles. The van der Waals surface area contributed by atoms with E-state index in [-0.39, 0.29) is 17.9 Å². The van der Waals surface area contributed by atoms with Crippen LogP contribution in [0.2, 0.25) is 5.02 Å². The third-order valence-electron chi connectivity index (χ3n) is 7.08. The minimum absolute atomic E-state index is 0.0883. The summed E-state index contributed by atoms with van der Waals surface area (Å²) in [6.07, 6.45) is 5.23. The summed E-state index contributed by atoms with van der Waals surface area (Å²) in [4.78, 5) is 30.6. The maximum atomic E-state index is 13.2. The number of aromatic nitrogens is 1. The number of halogens is 1. The lowest BCUT2D eigenvalue weighted by Crippen LogP contribution is -2.29. The van der Waals surface area contributed by atoms with E-state index in [0.717, 1.165) is 33.3 Å². The summed E-state index contributed by atoms with van der Waals surface area (Å²) < 4.78 is 0. The number of amides is 2. The van der Waals surface area contributed by atoms with Gasteiger partial charge in [-0.05, 0) is 85.0 Å². The number of hydrogen-bond donors (Lipinski definition) is 2. The Labute approximate surface area is 251 Å². The Morgan fingerprint density at radius 3 is 2.45 bits per heavy atom. The van der Waals surface area contributed by atoms with Crippen LogP contribution in [0.25, 0.3) is 23.1 Å². The molecule has 0 spiro atoms. The van der Waals surface area contributed by atoms with E-state index in [1.807, 2.05) is 110 Å². The number of hydrogen-bond acceptors (Lipinski definition) is 3. The number of rotatable bonds is 10. The quantitative estimate of drug-likeness (QED) is 0.178. The molecule has 1 heterocycles. The molecule has 210 valence electrons. The largest absolute Gasteiger partial charge is 0.352 e. The second-order valence-electron chi connectivity index (χ2n) is 10.0. The van der Waals surface area contributed by atoms with E-state index >= 15 is 0 Å². The third kappa shape index (κ3) is 7.31. The molecule has 1 atom stereocenters. The topological polar surface area (TPSA) is 71.1 Å². The number of nitrogens with one attached hydrogen (secondary N) is 2. The Kier molecular flexibility index (Phi) is 9.42. The van der Waals surface area contributed by atoms with Gasteiger partial charge in [-0.3, -0.25) is 9.59 Å². The predicted molar refractivity (Wildman–Crippen MR) is 172 cm³/mol. The van der Waals surface area contributed by atoms with Gasteiger partial charge in [0.1, 0.15) is 0 Å². The zero-order chi connectivity index (χ0) is 29.3. The van der Waals surface area contributed by atoms with Crippen molar-refractivity contribution in [1.29, 1.82) is 0 Å². The Balaban J connectivity index is 1.40. The van der Waals surface area contributed by atoms with E-state index in [4.69, 9.17) is 16.6 Å². The zero-order valence-corrected chi connectivity index (χ0v) is 24.1. The molecule has 0 aliphatic rings. The maximum Gasteiger partial charge on any atom is 0.251 e. The third-order valence-corrected chi connectivity index (χ3v) is 7.31. The predicted octanol–water partition coefficient (Wildman–Crippen LogP) is 7.91. The fourth-order valence-electron chi connectivity index (χ4n) is 4.93. The lowest BCUT2D eigenvalue weighted by Gasteiger charge is -2.21. The monoisotopic (exact) mass is 573 g/mol. The molecule has 6 heteroatoms. The number of benzene rings is 4. The molecular formula is C36H32ClN3O2. The molecule has 2 N–H and O–H groups in total. The van der Waals surface area contributed by atoms with E-state index in [1.54, 1.807) is 12.1 Å². The Hall–Kier alpha value is -4.74. The Morgan fingerprint density at radius 1 is 0.833 bits per heavy atom. The van der Waals surface area contributed by atoms with Crippen LogP contribution in [0.3, 0.4) is 0 Å². The van der Waals surface area contributed by atoms with E-state index in [9.17, 15) is 9.59 Å². The molecule has 2 amide bonds. The van der Waals surface area contributed by atoms with Gasteiger partial charge in [0.25, 0.3) is 11.8 Å². The van der Waals surface area contributed by atoms with Gasteiger partial charge in [0, 0.05) is 28.1 Å². The van der Waals surface area contributed by atoms with Crippen molar-refractivity contribution in [1.82, 2.24) is 15.6 Å². The highest BCUT2D eigenvalue weighted by Gasteiger charge is 2.18. The molecular weight excluding hydrogens is 542 g/mol. The Bertz CT molecular complexity index is 1730. The first-order valence-electron chi connectivity index (χ1n) is 14.1. The average molecular weight is 574 g/mol. The highest BCUT2D eigenvalue weighted by molar-refractivity contribution is 6.31. The van der Waals surface area contributed by atoms with E-state index in [2.05, 4.69) is 16.7 Å². The minimum atomic E-state index is -0.269. The number of carbonyl (C=O) groups excluding carboxylic acids is 2. The van der Waals surface area contributed by atoms with Crippen LogP contribution < -0.4 is 10.6 Å². The molecule has 0 bridgehead atoms. The summed E-state index contributed by atoms with van der Waals surface area (Å²) in [5.41, 5.74) is 5.84. The van der Waals surface area contributed by atoms with Crippen molar-refractivity contribution < 1.29 is 9.59 Å². The van der Waals surface area contributed by atoms with Crippen molar-refractivity contribution in [2.24, 2.45) is 0 Å². The Morgan fingerprint density at radius 2 is 1.62 bits per heavy atom. The normalized spacial score (nSPS) is 11.9. The lowest BCUT2D eigenvalue weighted by atomic mass is 9.94. The van der Waals surface area contributed by atoms with Gasteiger partial charge in [-0.2, -0.15) is 0 Å². The number of aryl methyl sites for hydroxylation is 1. The second kappa shape index (κ2) is 13.7. The van der Waals surface area contributed by atoms with Gasteiger partial charge in [-0.15, -0.1) is 0 Å². The van der Waals surface area contributed by atoms with Gasteiger partial charge < -0.3 is 10.6 Å². The molecule has 5 rings (SSSR count). The molecule has 0 saturated carbocycles. The first-order chi connectivity index (χ1) is 20.5. The van der Waals surface area contributed by atoms with Crippen molar-refractivity contribution in [3.8, 4) is 0 Å². The maximum absolute atomic E-state index is 13.2. The highest BCUT2D eigenvalue weighted by atomic mass is 35.5. The molecule has 5 aromatic rings. The van der Waals surface area contributed by atoms with Crippen LogP contribution in [-0.2, 0) is 6.42 Å². The van der Waals surface area contributed by atoms with Crippen LogP contribution in [0.15, 0.2) is 109 Å². The molecule has 0 fully saturated rings. The van der Waals surface area contributed by atoms with Crippen molar-refractivity contribution in [3.05, 3.63) is 148 Å². The molecule has 1 unspecified atom stereocenters. The summed E-state index contributed by atoms with van der Waals surface area (Å²) in [6, 6.07) is 34.4. The lowest BCUT2D eigenvalue weighted by molar-refractivity contribution is 0.0929. The van der Waals surface area contributed by atoms with Crippen molar-refractivity contribution in [2.45, 2.75) is 25.8 Å². The van der Waals surface area contributed by atoms with Crippen LogP contribution in [0.1, 0.15) is 62.5 Å². The van der Waals surface area contributed by atoms with Crippen LogP contribution in [-0.4, -0.2) is 23.3 Å². The summed E-state index contributed by atoms with van der Waals surface area (Å²) in [6.45, 7) is 2.47. The van der Waals surface area contributed by atoms with Crippen LogP contribution >= 0.6 is 11.6 Å². The fraction of sp³-hybridized carbons (Fsp3) is 0.139. The van der Waals surface area contributed by atoms with Crippen LogP contribution in [0.4, 0.5) is 0 Å². The van der Waals surface area contributed by atoms with Gasteiger partial charge in [0.05, 0.1) is 17.3 Å². The van der Waals surface area contributed by atoms with E-state index < -0.39 is 0 Å². The molecule has 0 aliphatic heterocycles. The molecule has 0 aliphatic carbocycles. The van der Waals surface area contributed by atoms with Gasteiger partial charge in [0.2, 0.25) is 0 Å². The van der Waals surface area contributed by atoms with E-state index in [1.165, 1.54) is 0 Å². The van der Waals surface area contributed by atoms with Gasteiger partial charge in [-0.25, -0.2) is 4.98 Å². The summed E-state index contributed by atoms with van der Waals surface area (Å²) in [7, 11) is 0. The molecule has 4 aromatic carbocycles. The van der Waals surface area contributed by atoms with Gasteiger partial charge in [-0.1, -0.05) is 84.4 Å². The number of fused-ring (bicyclic) bond motifs is 1. The average Bonchev–Trinajstić information content (AvgIpc) is 3.02. The fourth-order valence-corrected chi connectivity index (χ4v) is 5.10. The molecule has 5 nitrogen and oxygen atoms in total. The highest BCUT2D eigenvalue weighted by Crippen LogP contribution is 2.24.